The molecular weight excluding hydrogens is 538 g/mol. The number of nitrogens with one attached hydrogen (secondary N) is 3. The molecule has 1 heterocycles. The van der Waals surface area contributed by atoms with Crippen LogP contribution in [0, 0.1) is 0 Å². The molecule has 0 aliphatic heterocycles. The Labute approximate surface area is 242 Å². The van der Waals surface area contributed by atoms with Crippen molar-refractivity contribution >= 4 is 38.4 Å². The smallest absolute Gasteiger partial charge is 0.393 e. The van der Waals surface area contributed by atoms with Gasteiger partial charge in [-0.05, 0) is 73.1 Å². The van der Waals surface area contributed by atoms with E-state index >= 15 is 0 Å². The molecular formula is C31H39N5O4S. The van der Waals surface area contributed by atoms with E-state index in [0.29, 0.717) is 35.2 Å². The minimum atomic E-state index is -3.83. The topological polar surface area (TPSA) is 107 Å². The zero-order chi connectivity index (χ0) is 29.9. The molecule has 0 bridgehead atoms. The van der Waals surface area contributed by atoms with Gasteiger partial charge in [-0.1, -0.05) is 45.0 Å². The number of nitrogens with zero attached hydrogens (tertiary/aromatic N) is 2. The SMILES string of the molecule is CN(C)CCNC(=O)Oc1[nH]c2ccc(NS(=O)(=O)c3ccc(C(C)(C)C)cc3)cc2c1-c1ccc(N(C)C)cc1. The van der Waals surface area contributed by atoms with Gasteiger partial charge < -0.3 is 24.8 Å². The van der Waals surface area contributed by atoms with Crippen LogP contribution in [0.15, 0.2) is 71.6 Å². The number of aromatic amines is 1. The molecule has 3 N–H and O–H groups in total. The first-order chi connectivity index (χ1) is 19.2. The zero-order valence-corrected chi connectivity index (χ0v) is 25.5. The number of carbonyl (C=O) groups excluding carboxylic acids is 1. The van der Waals surface area contributed by atoms with Gasteiger partial charge in [0.15, 0.2) is 0 Å². The van der Waals surface area contributed by atoms with E-state index < -0.39 is 16.1 Å². The Morgan fingerprint density at radius 1 is 0.927 bits per heavy atom. The van der Waals surface area contributed by atoms with Crippen molar-refractivity contribution in [1.82, 2.24) is 15.2 Å². The molecule has 218 valence electrons. The van der Waals surface area contributed by atoms with E-state index in [1.54, 1.807) is 30.3 Å². The second-order valence-corrected chi connectivity index (χ2v) is 13.2. The molecule has 0 saturated heterocycles. The molecule has 10 heteroatoms. The highest BCUT2D eigenvalue weighted by Crippen LogP contribution is 2.39. The van der Waals surface area contributed by atoms with Crippen LogP contribution < -0.4 is 19.7 Å². The number of rotatable bonds is 9. The third kappa shape index (κ3) is 7.20. The number of likely N-dealkylation sites (N-methyl/N-ethyl adjacent to an activating group) is 1. The first kappa shape index (κ1) is 30.0. The third-order valence-corrected chi connectivity index (χ3v) is 8.14. The molecule has 1 amide bonds. The van der Waals surface area contributed by atoms with Crippen LogP contribution in [0.3, 0.4) is 0 Å². The second kappa shape index (κ2) is 11.8. The van der Waals surface area contributed by atoms with Crippen LogP contribution in [-0.2, 0) is 15.4 Å². The Morgan fingerprint density at radius 2 is 1.59 bits per heavy atom. The van der Waals surface area contributed by atoms with Crippen LogP contribution in [0.25, 0.3) is 22.0 Å². The van der Waals surface area contributed by atoms with Crippen LogP contribution in [0.5, 0.6) is 5.88 Å². The molecule has 4 aromatic rings. The summed E-state index contributed by atoms with van der Waals surface area (Å²) in [5.74, 6) is 0.276. The maximum atomic E-state index is 13.2. The van der Waals surface area contributed by atoms with Crippen molar-refractivity contribution in [3.8, 4) is 17.0 Å². The molecule has 0 aliphatic rings. The van der Waals surface area contributed by atoms with E-state index in [0.717, 1.165) is 16.8 Å². The van der Waals surface area contributed by atoms with E-state index in [1.807, 2.05) is 74.4 Å². The molecule has 1 aromatic heterocycles. The molecule has 4 rings (SSSR count). The summed E-state index contributed by atoms with van der Waals surface area (Å²) in [6.07, 6.45) is -0.579. The minimum Gasteiger partial charge on any atom is -0.393 e. The van der Waals surface area contributed by atoms with Crippen LogP contribution in [0.1, 0.15) is 26.3 Å². The summed E-state index contributed by atoms with van der Waals surface area (Å²) < 4.78 is 34.9. The number of amides is 1. The number of carbonyl (C=O) groups is 1. The molecule has 3 aromatic carbocycles. The van der Waals surface area contributed by atoms with E-state index in [1.165, 1.54) is 0 Å². The van der Waals surface area contributed by atoms with E-state index in [9.17, 15) is 13.2 Å². The summed E-state index contributed by atoms with van der Waals surface area (Å²) in [5, 5.41) is 3.47. The number of benzene rings is 3. The fourth-order valence-electron chi connectivity index (χ4n) is 4.38. The summed E-state index contributed by atoms with van der Waals surface area (Å²) in [4.78, 5) is 20.0. The van der Waals surface area contributed by atoms with Crippen molar-refractivity contribution in [2.75, 3.05) is 50.9 Å². The lowest BCUT2D eigenvalue weighted by Crippen LogP contribution is -2.33. The first-order valence-corrected chi connectivity index (χ1v) is 14.9. The van der Waals surface area contributed by atoms with Gasteiger partial charge in [0.25, 0.3) is 10.0 Å². The molecule has 0 atom stereocenters. The van der Waals surface area contributed by atoms with Gasteiger partial charge in [-0.25, -0.2) is 13.2 Å². The normalized spacial score (nSPS) is 12.0. The molecule has 0 unspecified atom stereocenters. The lowest BCUT2D eigenvalue weighted by molar-refractivity contribution is 0.198. The molecule has 0 fully saturated rings. The first-order valence-electron chi connectivity index (χ1n) is 13.4. The fourth-order valence-corrected chi connectivity index (χ4v) is 5.43. The standard InChI is InChI=1S/C31H39N5O4S/c1-31(2,3)22-10-15-25(16-11-22)41(38,39)34-23-12-17-27-26(20-23)28(21-8-13-24(14-9-21)36(6)7)29(33-27)40-30(37)32-18-19-35(4)5/h8-17,20,33-34H,18-19H2,1-7H3,(H,32,37). The highest BCUT2D eigenvalue weighted by Gasteiger charge is 2.21. The molecule has 0 spiro atoms. The predicted octanol–water partition coefficient (Wildman–Crippen LogP) is 5.65. The number of fused-ring (bicyclic) bond motifs is 1. The van der Waals surface area contributed by atoms with Gasteiger partial charge in [0.1, 0.15) is 0 Å². The summed E-state index contributed by atoms with van der Waals surface area (Å²) in [6.45, 7) is 7.35. The molecule has 0 aliphatic carbocycles. The van der Waals surface area contributed by atoms with Crippen LogP contribution in [0.4, 0.5) is 16.2 Å². The van der Waals surface area contributed by atoms with Crippen molar-refractivity contribution in [2.45, 2.75) is 31.1 Å². The van der Waals surface area contributed by atoms with Crippen LogP contribution in [0.2, 0.25) is 0 Å². The number of aromatic nitrogens is 1. The zero-order valence-electron chi connectivity index (χ0n) is 24.7. The Hall–Kier alpha value is -4.02. The Balaban J connectivity index is 1.70. The van der Waals surface area contributed by atoms with Gasteiger partial charge >= 0.3 is 6.09 Å². The van der Waals surface area contributed by atoms with Gasteiger partial charge in [-0.2, -0.15) is 0 Å². The van der Waals surface area contributed by atoms with Crippen molar-refractivity contribution in [3.63, 3.8) is 0 Å². The Morgan fingerprint density at radius 3 is 2.17 bits per heavy atom. The number of hydrogen-bond donors (Lipinski definition) is 3. The second-order valence-electron chi connectivity index (χ2n) is 11.5. The fraction of sp³-hybridized carbons (Fsp3) is 0.323. The van der Waals surface area contributed by atoms with Crippen molar-refractivity contribution in [1.29, 1.82) is 0 Å². The summed E-state index contributed by atoms with van der Waals surface area (Å²) >= 11 is 0. The van der Waals surface area contributed by atoms with Gasteiger partial charge in [0.05, 0.1) is 10.5 Å². The number of ether oxygens (including phenoxy) is 1. The van der Waals surface area contributed by atoms with Gasteiger partial charge in [-0.15, -0.1) is 0 Å². The van der Waals surface area contributed by atoms with Crippen LogP contribution in [-0.4, -0.2) is 65.7 Å². The number of anilines is 2. The molecule has 0 saturated carbocycles. The van der Waals surface area contributed by atoms with Gasteiger partial charge in [0, 0.05) is 49.5 Å². The average molecular weight is 578 g/mol. The number of H-pyrrole nitrogens is 1. The van der Waals surface area contributed by atoms with Crippen molar-refractivity contribution < 1.29 is 17.9 Å². The average Bonchev–Trinajstić information content (AvgIpc) is 3.24. The van der Waals surface area contributed by atoms with E-state index in [2.05, 4.69) is 35.8 Å². The summed E-state index contributed by atoms with van der Waals surface area (Å²) in [5.41, 5.74) is 4.55. The summed E-state index contributed by atoms with van der Waals surface area (Å²) in [7, 11) is 3.94. The number of sulfonamides is 1. The highest BCUT2D eigenvalue weighted by molar-refractivity contribution is 7.92. The lowest BCUT2D eigenvalue weighted by atomic mass is 9.87. The largest absolute Gasteiger partial charge is 0.413 e. The maximum absolute atomic E-state index is 13.2. The van der Waals surface area contributed by atoms with Crippen molar-refractivity contribution in [3.05, 3.63) is 72.3 Å². The Kier molecular flexibility index (Phi) is 8.65. The highest BCUT2D eigenvalue weighted by atomic mass is 32.2. The molecule has 9 nitrogen and oxygen atoms in total. The van der Waals surface area contributed by atoms with E-state index in [-0.39, 0.29) is 16.2 Å². The van der Waals surface area contributed by atoms with Crippen LogP contribution >= 0.6 is 0 Å². The van der Waals surface area contributed by atoms with E-state index in [4.69, 9.17) is 4.74 Å². The predicted molar refractivity (Wildman–Crippen MR) is 167 cm³/mol. The third-order valence-electron chi connectivity index (χ3n) is 6.74. The molecule has 41 heavy (non-hydrogen) atoms. The van der Waals surface area contributed by atoms with Gasteiger partial charge in [-0.3, -0.25) is 4.72 Å². The maximum Gasteiger partial charge on any atom is 0.413 e. The van der Waals surface area contributed by atoms with Crippen molar-refractivity contribution in [2.24, 2.45) is 0 Å². The number of hydrogen-bond acceptors (Lipinski definition) is 6. The minimum absolute atomic E-state index is 0.0841. The summed E-state index contributed by atoms with van der Waals surface area (Å²) in [6, 6.07) is 20.0. The molecule has 0 radical (unpaired) electrons. The Bertz CT molecular complexity index is 1620. The lowest BCUT2D eigenvalue weighted by Gasteiger charge is -2.19. The van der Waals surface area contributed by atoms with Gasteiger partial charge in [0.2, 0.25) is 5.88 Å². The monoisotopic (exact) mass is 577 g/mol. The quantitative estimate of drug-likeness (QED) is 0.237.